The van der Waals surface area contributed by atoms with Crippen molar-refractivity contribution in [3.8, 4) is 22.3 Å². The quantitative estimate of drug-likeness (QED) is 0.204. The molecule has 0 atom stereocenters. The molecule has 212 valence electrons. The number of anilines is 3. The number of hydrogen-bond acceptors (Lipinski definition) is 1. The Morgan fingerprint density at radius 2 is 1.02 bits per heavy atom. The Balaban J connectivity index is 1.39. The summed E-state index contributed by atoms with van der Waals surface area (Å²) < 4.78 is 0. The molecule has 0 saturated heterocycles. The van der Waals surface area contributed by atoms with E-state index >= 15 is 0 Å². The normalized spacial score (nSPS) is 15.2. The zero-order valence-corrected chi connectivity index (χ0v) is 25.6. The number of benzene rings is 6. The standard InChI is InChI=1S/C42H39N/c1-41(2)24-25-42(3,4)39-29-34-26-33(23-22-32(34)28-38(39)41)37-20-11-12-21-40(37)43(35-17-9-6-10-18-35)36-19-13-16-31(27-36)30-14-7-5-8-15-30/h5-23,26-29H,24-25H2,1-4H3. The molecule has 1 heteroatoms. The monoisotopic (exact) mass is 557 g/mol. The van der Waals surface area contributed by atoms with Gasteiger partial charge in [-0.05, 0) is 98.7 Å². The van der Waals surface area contributed by atoms with Crippen molar-refractivity contribution in [1.29, 1.82) is 0 Å². The first-order valence-electron chi connectivity index (χ1n) is 15.5. The third-order valence-electron chi connectivity index (χ3n) is 9.49. The Morgan fingerprint density at radius 1 is 0.442 bits per heavy atom. The topological polar surface area (TPSA) is 3.24 Å². The molecule has 6 aromatic rings. The van der Waals surface area contributed by atoms with E-state index in [2.05, 4.69) is 172 Å². The number of fused-ring (bicyclic) bond motifs is 2. The predicted octanol–water partition coefficient (Wildman–Crippen LogP) is 12.0. The molecule has 1 nitrogen and oxygen atoms in total. The lowest BCUT2D eigenvalue weighted by Crippen LogP contribution is -2.33. The fourth-order valence-corrected chi connectivity index (χ4v) is 6.85. The van der Waals surface area contributed by atoms with Crippen molar-refractivity contribution < 1.29 is 0 Å². The van der Waals surface area contributed by atoms with Gasteiger partial charge in [-0.2, -0.15) is 0 Å². The van der Waals surface area contributed by atoms with Crippen molar-refractivity contribution in [2.75, 3.05) is 4.90 Å². The van der Waals surface area contributed by atoms with E-state index in [0.29, 0.717) is 0 Å². The van der Waals surface area contributed by atoms with Crippen molar-refractivity contribution in [2.24, 2.45) is 0 Å². The van der Waals surface area contributed by atoms with E-state index in [4.69, 9.17) is 0 Å². The lowest BCUT2D eigenvalue weighted by atomic mass is 9.63. The first-order valence-corrected chi connectivity index (χ1v) is 15.5. The van der Waals surface area contributed by atoms with Gasteiger partial charge in [-0.25, -0.2) is 0 Å². The Bertz CT molecular complexity index is 1910. The summed E-state index contributed by atoms with van der Waals surface area (Å²) in [7, 11) is 0. The highest BCUT2D eigenvalue weighted by molar-refractivity contribution is 5.94. The van der Waals surface area contributed by atoms with Crippen molar-refractivity contribution >= 4 is 27.8 Å². The van der Waals surface area contributed by atoms with Crippen molar-refractivity contribution in [1.82, 2.24) is 0 Å². The van der Waals surface area contributed by atoms with E-state index in [0.717, 1.165) is 17.1 Å². The van der Waals surface area contributed by atoms with Crippen LogP contribution in [0.4, 0.5) is 17.1 Å². The van der Waals surface area contributed by atoms with Gasteiger partial charge in [-0.15, -0.1) is 0 Å². The van der Waals surface area contributed by atoms with Gasteiger partial charge in [0.15, 0.2) is 0 Å². The molecule has 0 aliphatic heterocycles. The molecule has 0 N–H and O–H groups in total. The number of para-hydroxylation sites is 2. The molecule has 7 rings (SSSR count). The molecule has 0 spiro atoms. The van der Waals surface area contributed by atoms with Gasteiger partial charge in [0.2, 0.25) is 0 Å². The van der Waals surface area contributed by atoms with Gasteiger partial charge in [0.05, 0.1) is 5.69 Å². The largest absolute Gasteiger partial charge is 0.310 e. The minimum atomic E-state index is 0.181. The summed E-state index contributed by atoms with van der Waals surface area (Å²) >= 11 is 0. The van der Waals surface area contributed by atoms with Crippen LogP contribution in [-0.2, 0) is 10.8 Å². The van der Waals surface area contributed by atoms with Crippen LogP contribution in [0.15, 0.2) is 140 Å². The maximum absolute atomic E-state index is 2.48. The molecule has 0 bridgehead atoms. The minimum Gasteiger partial charge on any atom is -0.310 e. The van der Waals surface area contributed by atoms with Crippen molar-refractivity contribution in [2.45, 2.75) is 51.4 Å². The summed E-state index contributed by atoms with van der Waals surface area (Å²) in [6.07, 6.45) is 2.44. The number of rotatable bonds is 5. The first-order chi connectivity index (χ1) is 20.8. The molecular weight excluding hydrogens is 518 g/mol. The number of hydrogen-bond donors (Lipinski definition) is 0. The predicted molar refractivity (Wildman–Crippen MR) is 185 cm³/mol. The average Bonchev–Trinajstić information content (AvgIpc) is 3.04. The van der Waals surface area contributed by atoms with Crippen LogP contribution in [0.1, 0.15) is 51.7 Å². The molecule has 6 aromatic carbocycles. The number of nitrogens with zero attached hydrogens (tertiary/aromatic N) is 1. The average molecular weight is 558 g/mol. The summed E-state index contributed by atoms with van der Waals surface area (Å²) in [5.41, 5.74) is 11.7. The molecule has 0 heterocycles. The van der Waals surface area contributed by atoms with Crippen LogP contribution in [0.3, 0.4) is 0 Å². The van der Waals surface area contributed by atoms with E-state index in [1.165, 1.54) is 57.0 Å². The molecule has 0 saturated carbocycles. The second kappa shape index (κ2) is 10.6. The van der Waals surface area contributed by atoms with Gasteiger partial charge in [-0.1, -0.05) is 131 Å². The van der Waals surface area contributed by atoms with E-state index in [-0.39, 0.29) is 10.8 Å². The molecule has 0 unspecified atom stereocenters. The Kier molecular flexibility index (Phi) is 6.70. The van der Waals surface area contributed by atoms with Crippen LogP contribution in [-0.4, -0.2) is 0 Å². The Labute approximate surface area is 256 Å². The molecule has 1 aliphatic rings. The van der Waals surface area contributed by atoms with Crippen LogP contribution < -0.4 is 4.90 Å². The van der Waals surface area contributed by atoms with Crippen LogP contribution in [0.5, 0.6) is 0 Å². The molecule has 0 radical (unpaired) electrons. The van der Waals surface area contributed by atoms with Crippen LogP contribution in [0, 0.1) is 0 Å². The lowest BCUT2D eigenvalue weighted by Gasteiger charge is -2.42. The fraction of sp³-hybridized carbons (Fsp3) is 0.190. The van der Waals surface area contributed by atoms with Gasteiger partial charge in [0.25, 0.3) is 0 Å². The zero-order chi connectivity index (χ0) is 29.6. The highest BCUT2D eigenvalue weighted by Gasteiger charge is 2.37. The highest BCUT2D eigenvalue weighted by atomic mass is 15.1. The summed E-state index contributed by atoms with van der Waals surface area (Å²) in [6.45, 7) is 9.63. The third kappa shape index (κ3) is 5.04. The summed E-state index contributed by atoms with van der Waals surface area (Å²) in [5.74, 6) is 0. The van der Waals surface area contributed by atoms with Crippen molar-refractivity contribution in [3.63, 3.8) is 0 Å². The molecule has 0 aromatic heterocycles. The zero-order valence-electron chi connectivity index (χ0n) is 25.6. The molecule has 0 amide bonds. The van der Waals surface area contributed by atoms with Crippen LogP contribution in [0.25, 0.3) is 33.0 Å². The molecule has 0 fully saturated rings. The molecule has 1 aliphatic carbocycles. The summed E-state index contributed by atoms with van der Waals surface area (Å²) in [6, 6.07) is 51.0. The maximum Gasteiger partial charge on any atom is 0.0540 e. The first kappa shape index (κ1) is 27.2. The van der Waals surface area contributed by atoms with E-state index < -0.39 is 0 Å². The second-order valence-corrected chi connectivity index (χ2v) is 13.3. The van der Waals surface area contributed by atoms with E-state index in [9.17, 15) is 0 Å². The van der Waals surface area contributed by atoms with Gasteiger partial charge < -0.3 is 4.90 Å². The van der Waals surface area contributed by atoms with E-state index in [1.54, 1.807) is 0 Å². The third-order valence-corrected chi connectivity index (χ3v) is 9.49. The van der Waals surface area contributed by atoms with Gasteiger partial charge in [-0.3, -0.25) is 0 Å². The summed E-state index contributed by atoms with van der Waals surface area (Å²) in [4.78, 5) is 2.39. The fourth-order valence-electron chi connectivity index (χ4n) is 6.85. The summed E-state index contributed by atoms with van der Waals surface area (Å²) in [5, 5.41) is 2.63. The van der Waals surface area contributed by atoms with Crippen LogP contribution >= 0.6 is 0 Å². The molecule has 43 heavy (non-hydrogen) atoms. The highest BCUT2D eigenvalue weighted by Crippen LogP contribution is 2.48. The van der Waals surface area contributed by atoms with Crippen molar-refractivity contribution in [3.05, 3.63) is 151 Å². The Hall–Kier alpha value is -4.62. The maximum atomic E-state index is 2.48. The molecular formula is C42H39N. The van der Waals surface area contributed by atoms with Gasteiger partial charge in [0, 0.05) is 16.9 Å². The second-order valence-electron chi connectivity index (χ2n) is 13.3. The minimum absolute atomic E-state index is 0.181. The lowest BCUT2D eigenvalue weighted by molar-refractivity contribution is 0.332. The smallest absolute Gasteiger partial charge is 0.0540 e. The SMILES string of the molecule is CC1(C)CCC(C)(C)c2cc3cc(-c4ccccc4N(c4ccccc4)c4cccc(-c5ccccc5)c4)ccc3cc21. The Morgan fingerprint density at radius 3 is 1.74 bits per heavy atom. The van der Waals surface area contributed by atoms with E-state index in [1.807, 2.05) is 0 Å². The van der Waals surface area contributed by atoms with Crippen LogP contribution in [0.2, 0.25) is 0 Å². The van der Waals surface area contributed by atoms with Gasteiger partial charge >= 0.3 is 0 Å². The van der Waals surface area contributed by atoms with Gasteiger partial charge in [0.1, 0.15) is 0 Å².